The van der Waals surface area contributed by atoms with Crippen molar-refractivity contribution in [1.29, 1.82) is 0 Å². The number of rotatable bonds is 15. The second-order valence-corrected chi connectivity index (χ2v) is 3.74. The molecular formula is C12H25NO6. The molecule has 0 aliphatic carbocycles. The topological polar surface area (TPSA) is 100 Å². The fourth-order valence-electron chi connectivity index (χ4n) is 1.17. The number of carbonyl (C=O) groups excluding carboxylic acids is 1. The number of hydrogen-bond donors (Lipinski definition) is 2. The highest BCUT2D eigenvalue weighted by molar-refractivity contribution is 5.73. The highest BCUT2D eigenvalue weighted by atomic mass is 16.6. The molecule has 0 aromatic rings. The lowest BCUT2D eigenvalue weighted by molar-refractivity contribution is -0.118. The molecule has 3 N–H and O–H groups in total. The SMILES string of the molecule is NC(=O)CCCOCCOCCOCCOCCO. The summed E-state index contributed by atoms with van der Waals surface area (Å²) in [6, 6.07) is 0. The Hall–Kier alpha value is -0.730. The fraction of sp³-hybridized carbons (Fsp3) is 0.917. The predicted octanol–water partition coefficient (Wildman–Crippen LogP) is -0.689. The Labute approximate surface area is 114 Å². The van der Waals surface area contributed by atoms with Crippen LogP contribution < -0.4 is 5.73 Å². The van der Waals surface area contributed by atoms with Crippen LogP contribution >= 0.6 is 0 Å². The van der Waals surface area contributed by atoms with Crippen molar-refractivity contribution >= 4 is 5.91 Å². The molecule has 0 bridgehead atoms. The monoisotopic (exact) mass is 279 g/mol. The van der Waals surface area contributed by atoms with Gasteiger partial charge in [-0.05, 0) is 6.42 Å². The van der Waals surface area contributed by atoms with Gasteiger partial charge < -0.3 is 29.8 Å². The van der Waals surface area contributed by atoms with Crippen LogP contribution in [-0.2, 0) is 23.7 Å². The molecule has 114 valence electrons. The number of carbonyl (C=O) groups is 1. The maximum absolute atomic E-state index is 10.4. The molecule has 0 aliphatic heterocycles. The first kappa shape index (κ1) is 18.3. The molecule has 0 aliphatic rings. The van der Waals surface area contributed by atoms with E-state index in [1.54, 1.807) is 0 Å². The van der Waals surface area contributed by atoms with Gasteiger partial charge in [-0.3, -0.25) is 4.79 Å². The lowest BCUT2D eigenvalue weighted by Crippen LogP contribution is -2.14. The van der Waals surface area contributed by atoms with E-state index in [9.17, 15) is 4.79 Å². The fourth-order valence-corrected chi connectivity index (χ4v) is 1.17. The summed E-state index contributed by atoms with van der Waals surface area (Å²) in [6.07, 6.45) is 0.999. The van der Waals surface area contributed by atoms with E-state index in [1.807, 2.05) is 0 Å². The van der Waals surface area contributed by atoms with Crippen LogP contribution in [0.15, 0.2) is 0 Å². The normalized spacial score (nSPS) is 10.8. The van der Waals surface area contributed by atoms with Crippen LogP contribution in [0.25, 0.3) is 0 Å². The molecular weight excluding hydrogens is 254 g/mol. The first-order valence-electron chi connectivity index (χ1n) is 6.47. The minimum atomic E-state index is -0.306. The average Bonchev–Trinajstić information content (AvgIpc) is 2.39. The Morgan fingerprint density at radius 1 is 0.789 bits per heavy atom. The molecule has 0 saturated carbocycles. The smallest absolute Gasteiger partial charge is 0.217 e. The highest BCUT2D eigenvalue weighted by Gasteiger charge is 1.95. The summed E-state index contributed by atoms with van der Waals surface area (Å²) >= 11 is 0. The van der Waals surface area contributed by atoms with Crippen molar-refractivity contribution in [3.8, 4) is 0 Å². The van der Waals surface area contributed by atoms with Gasteiger partial charge in [0.25, 0.3) is 0 Å². The van der Waals surface area contributed by atoms with Crippen LogP contribution in [0.2, 0.25) is 0 Å². The Bertz CT molecular complexity index is 203. The Balaban J connectivity index is 2.93. The number of hydrogen-bond acceptors (Lipinski definition) is 6. The molecule has 7 heteroatoms. The van der Waals surface area contributed by atoms with Crippen LogP contribution in [0.1, 0.15) is 12.8 Å². The third-order valence-corrected chi connectivity index (χ3v) is 2.06. The van der Waals surface area contributed by atoms with E-state index in [0.717, 1.165) is 0 Å². The van der Waals surface area contributed by atoms with Crippen LogP contribution in [0.4, 0.5) is 0 Å². The molecule has 0 aromatic heterocycles. The summed E-state index contributed by atoms with van der Waals surface area (Å²) in [6.45, 7) is 3.87. The molecule has 0 atom stereocenters. The van der Waals surface area contributed by atoms with E-state index in [2.05, 4.69) is 0 Å². The number of ether oxygens (including phenoxy) is 4. The number of aliphatic hydroxyl groups is 1. The van der Waals surface area contributed by atoms with Gasteiger partial charge in [-0.15, -0.1) is 0 Å². The van der Waals surface area contributed by atoms with Gasteiger partial charge in [0.1, 0.15) is 0 Å². The van der Waals surface area contributed by atoms with Crippen molar-refractivity contribution in [3.63, 3.8) is 0 Å². The van der Waals surface area contributed by atoms with Gasteiger partial charge in [0.2, 0.25) is 5.91 Å². The minimum absolute atomic E-state index is 0.0303. The van der Waals surface area contributed by atoms with Gasteiger partial charge in [0, 0.05) is 13.0 Å². The average molecular weight is 279 g/mol. The third kappa shape index (κ3) is 17.3. The molecule has 19 heavy (non-hydrogen) atoms. The van der Waals surface area contributed by atoms with Crippen LogP contribution in [0.3, 0.4) is 0 Å². The second-order valence-electron chi connectivity index (χ2n) is 3.74. The quantitative estimate of drug-likeness (QED) is 0.385. The van der Waals surface area contributed by atoms with E-state index in [0.29, 0.717) is 65.7 Å². The van der Waals surface area contributed by atoms with Crippen LogP contribution in [0.5, 0.6) is 0 Å². The molecule has 0 spiro atoms. The molecule has 0 radical (unpaired) electrons. The highest BCUT2D eigenvalue weighted by Crippen LogP contribution is 1.89. The standard InChI is InChI=1S/C12H25NO6/c13-12(15)2-1-4-16-6-8-18-10-11-19-9-7-17-5-3-14/h14H,1-11H2,(H2,13,15). The van der Waals surface area contributed by atoms with Crippen LogP contribution in [0, 0.1) is 0 Å². The Morgan fingerprint density at radius 3 is 1.63 bits per heavy atom. The van der Waals surface area contributed by atoms with Crippen molar-refractivity contribution < 1.29 is 28.8 Å². The summed E-state index contributed by atoms with van der Waals surface area (Å²) in [7, 11) is 0. The van der Waals surface area contributed by atoms with Gasteiger partial charge >= 0.3 is 0 Å². The lowest BCUT2D eigenvalue weighted by atomic mass is 10.3. The van der Waals surface area contributed by atoms with E-state index >= 15 is 0 Å². The summed E-state index contributed by atoms with van der Waals surface area (Å²) in [5, 5.41) is 8.45. The lowest BCUT2D eigenvalue weighted by Gasteiger charge is -2.06. The maximum Gasteiger partial charge on any atom is 0.217 e. The second kappa shape index (κ2) is 15.3. The first-order valence-corrected chi connectivity index (χ1v) is 6.47. The van der Waals surface area contributed by atoms with Gasteiger partial charge in [0.15, 0.2) is 0 Å². The Morgan fingerprint density at radius 2 is 1.21 bits per heavy atom. The summed E-state index contributed by atoms with van der Waals surface area (Å²) in [5.74, 6) is -0.306. The van der Waals surface area contributed by atoms with Gasteiger partial charge in [-0.25, -0.2) is 0 Å². The number of aliphatic hydroxyl groups excluding tert-OH is 1. The number of primary amides is 1. The maximum atomic E-state index is 10.4. The van der Waals surface area contributed by atoms with Crippen molar-refractivity contribution in [2.75, 3.05) is 59.5 Å². The molecule has 7 nitrogen and oxygen atoms in total. The zero-order valence-electron chi connectivity index (χ0n) is 11.3. The predicted molar refractivity (Wildman–Crippen MR) is 68.8 cm³/mol. The van der Waals surface area contributed by atoms with Crippen molar-refractivity contribution in [3.05, 3.63) is 0 Å². The van der Waals surface area contributed by atoms with Gasteiger partial charge in [-0.2, -0.15) is 0 Å². The zero-order valence-corrected chi connectivity index (χ0v) is 11.3. The molecule has 1 amide bonds. The molecule has 0 unspecified atom stereocenters. The molecule has 0 fully saturated rings. The number of amides is 1. The minimum Gasteiger partial charge on any atom is -0.394 e. The van der Waals surface area contributed by atoms with Gasteiger partial charge in [-0.1, -0.05) is 0 Å². The first-order chi connectivity index (χ1) is 9.27. The van der Waals surface area contributed by atoms with Gasteiger partial charge in [0.05, 0.1) is 52.9 Å². The van der Waals surface area contributed by atoms with Crippen LogP contribution in [-0.4, -0.2) is 70.5 Å². The Kier molecular flexibility index (Phi) is 14.7. The van der Waals surface area contributed by atoms with Crippen molar-refractivity contribution in [2.24, 2.45) is 5.73 Å². The van der Waals surface area contributed by atoms with Crippen molar-refractivity contribution in [1.82, 2.24) is 0 Å². The third-order valence-electron chi connectivity index (χ3n) is 2.06. The van der Waals surface area contributed by atoms with E-state index in [1.165, 1.54) is 0 Å². The largest absolute Gasteiger partial charge is 0.394 e. The summed E-state index contributed by atoms with van der Waals surface area (Å²) in [4.78, 5) is 10.4. The van der Waals surface area contributed by atoms with E-state index in [4.69, 9.17) is 29.8 Å². The number of nitrogens with two attached hydrogens (primary N) is 1. The zero-order chi connectivity index (χ0) is 14.2. The molecule has 0 aromatic carbocycles. The molecule has 0 heterocycles. The van der Waals surface area contributed by atoms with E-state index < -0.39 is 0 Å². The molecule has 0 saturated heterocycles. The van der Waals surface area contributed by atoms with Crippen molar-refractivity contribution in [2.45, 2.75) is 12.8 Å². The van der Waals surface area contributed by atoms with E-state index in [-0.39, 0.29) is 12.5 Å². The summed E-state index contributed by atoms with van der Waals surface area (Å²) < 4.78 is 20.7. The molecule has 0 rings (SSSR count). The summed E-state index contributed by atoms with van der Waals surface area (Å²) in [5.41, 5.74) is 4.99.